The SMILES string of the molecule is CCCCCCCCO[C@@H]1O[C@H](CO)[C@@H](O)[C@H](O[C@@H]2O[C@H](COP(=O)([O-])O)[C@H](O)[C@H](O)[C@H]2O)[C@H]1N=C(C)[O-].[Na+].[Na+]. The van der Waals surface area contributed by atoms with E-state index in [1.54, 1.807) is 0 Å². The molecule has 0 aromatic carbocycles. The van der Waals surface area contributed by atoms with Crippen molar-refractivity contribution >= 4 is 13.7 Å². The van der Waals surface area contributed by atoms with Gasteiger partial charge >= 0.3 is 59.1 Å². The van der Waals surface area contributed by atoms with Crippen LogP contribution in [0.2, 0.25) is 0 Å². The second-order valence-corrected chi connectivity index (χ2v) is 10.6. The third-order valence-corrected chi connectivity index (χ3v) is 6.77. The second-order valence-electron chi connectivity index (χ2n) is 9.37. The molecule has 0 aromatic rings. The van der Waals surface area contributed by atoms with Gasteiger partial charge in [-0.2, -0.15) is 0 Å². The minimum Gasteiger partial charge on any atom is -0.862 e. The molecule has 2 fully saturated rings. The van der Waals surface area contributed by atoms with E-state index in [-0.39, 0.29) is 65.7 Å². The number of phosphoric ester groups is 1. The molecular weight excluding hydrogens is 579 g/mol. The predicted molar refractivity (Wildman–Crippen MR) is 125 cm³/mol. The van der Waals surface area contributed by atoms with Crippen LogP contribution in [0, 0.1) is 0 Å². The zero-order chi connectivity index (χ0) is 28.5. The van der Waals surface area contributed by atoms with Crippen molar-refractivity contribution in [3.05, 3.63) is 0 Å². The Morgan fingerprint density at radius 3 is 2.10 bits per heavy atom. The van der Waals surface area contributed by atoms with Crippen molar-refractivity contribution in [1.82, 2.24) is 0 Å². The van der Waals surface area contributed by atoms with Crippen LogP contribution >= 0.6 is 7.82 Å². The molecule has 2 heterocycles. The first kappa shape index (κ1) is 41.2. The first-order chi connectivity index (χ1) is 17.9. The summed E-state index contributed by atoms with van der Waals surface area (Å²) >= 11 is 0. The maximum absolute atomic E-state index is 11.9. The number of ether oxygens (including phenoxy) is 4. The summed E-state index contributed by atoms with van der Waals surface area (Å²) in [5.41, 5.74) is 0. The monoisotopic (exact) mass is 619 g/mol. The van der Waals surface area contributed by atoms with Gasteiger partial charge in [0.05, 0.1) is 13.2 Å². The van der Waals surface area contributed by atoms with Gasteiger partial charge in [-0.3, -0.25) is 9.56 Å². The van der Waals surface area contributed by atoms with Crippen LogP contribution in [0.4, 0.5) is 0 Å². The number of aliphatic hydroxyl groups is 5. The van der Waals surface area contributed by atoms with Gasteiger partial charge in [0.15, 0.2) is 12.6 Å². The quantitative estimate of drug-likeness (QED) is 0.0328. The van der Waals surface area contributed by atoms with E-state index < -0.39 is 88.3 Å². The standard InChI is InChI=1S/C22H42NO14P.2Na/c1-3-4-5-6-7-8-9-33-21-15(23-12(2)25)20(17(27)13(10-24)35-21)37-22-19(29)18(28)16(26)14(36-22)11-34-38(30,31)32;;/h13-22,24,26-29H,3-11H2,1-2H3,(H,23,25)(H2,30,31,32);;/q;2*+1/p-2/t13-,14-,15-,16+,17-,18+,19-,20-,21-,22+;;/m1../s1. The minimum atomic E-state index is -5.21. The van der Waals surface area contributed by atoms with Gasteiger partial charge in [0.1, 0.15) is 48.8 Å². The van der Waals surface area contributed by atoms with Crippen LogP contribution in [0.15, 0.2) is 4.99 Å². The maximum atomic E-state index is 11.9. The fourth-order valence-corrected chi connectivity index (χ4v) is 4.60. The molecule has 18 heteroatoms. The molecule has 2 rings (SSSR count). The van der Waals surface area contributed by atoms with Gasteiger partial charge in [0.2, 0.25) is 0 Å². The van der Waals surface area contributed by atoms with E-state index in [2.05, 4.69) is 16.4 Å². The molecule has 0 spiro atoms. The summed E-state index contributed by atoms with van der Waals surface area (Å²) in [5.74, 6) is -0.656. The largest absolute Gasteiger partial charge is 1.00 e. The van der Waals surface area contributed by atoms with Gasteiger partial charge < -0.3 is 63.9 Å². The first-order valence-corrected chi connectivity index (χ1v) is 14.2. The molecule has 0 amide bonds. The van der Waals surface area contributed by atoms with E-state index in [1.165, 1.54) is 0 Å². The first-order valence-electron chi connectivity index (χ1n) is 12.7. The van der Waals surface area contributed by atoms with Gasteiger partial charge in [-0.15, -0.1) is 0 Å². The Morgan fingerprint density at radius 1 is 0.925 bits per heavy atom. The molecule has 6 N–H and O–H groups in total. The number of hydrogen-bond acceptors (Lipinski definition) is 14. The normalized spacial score (nSPS) is 36.3. The van der Waals surface area contributed by atoms with Crippen LogP contribution in [0.1, 0.15) is 52.4 Å². The third kappa shape index (κ3) is 13.1. The minimum absolute atomic E-state index is 0. The van der Waals surface area contributed by atoms with E-state index in [0.29, 0.717) is 6.42 Å². The van der Waals surface area contributed by atoms with E-state index in [4.69, 9.17) is 23.8 Å². The third-order valence-electron chi connectivity index (χ3n) is 6.29. The average molecular weight is 620 g/mol. The Morgan fingerprint density at radius 2 is 1.52 bits per heavy atom. The Labute approximate surface area is 278 Å². The molecule has 1 unspecified atom stereocenters. The average Bonchev–Trinajstić information content (AvgIpc) is 2.85. The zero-order valence-corrected chi connectivity index (χ0v) is 28.4. The van der Waals surface area contributed by atoms with Crippen molar-refractivity contribution in [1.29, 1.82) is 0 Å². The number of aliphatic imine (C=N–C) groups is 1. The van der Waals surface area contributed by atoms with Crippen molar-refractivity contribution in [2.24, 2.45) is 4.99 Å². The molecule has 11 atom stereocenters. The van der Waals surface area contributed by atoms with E-state index in [1.807, 2.05) is 0 Å². The van der Waals surface area contributed by atoms with Crippen molar-refractivity contribution < 1.29 is 128 Å². The molecule has 0 radical (unpaired) electrons. The van der Waals surface area contributed by atoms with Crippen LogP contribution in [0.25, 0.3) is 0 Å². The van der Waals surface area contributed by atoms with Crippen LogP contribution in [0.3, 0.4) is 0 Å². The zero-order valence-electron chi connectivity index (χ0n) is 23.5. The predicted octanol–water partition coefficient (Wildman–Crippen LogP) is -8.73. The fraction of sp³-hybridized carbons (Fsp3) is 0.955. The molecule has 0 bridgehead atoms. The van der Waals surface area contributed by atoms with Crippen molar-refractivity contribution in [3.63, 3.8) is 0 Å². The maximum Gasteiger partial charge on any atom is 1.00 e. The van der Waals surface area contributed by atoms with E-state index in [0.717, 1.165) is 39.0 Å². The molecule has 15 nitrogen and oxygen atoms in total. The van der Waals surface area contributed by atoms with Crippen LogP contribution in [-0.2, 0) is 28.0 Å². The summed E-state index contributed by atoms with van der Waals surface area (Å²) in [5, 5.41) is 63.3. The Hall–Kier alpha value is 1.22. The van der Waals surface area contributed by atoms with E-state index >= 15 is 0 Å². The van der Waals surface area contributed by atoms with Crippen LogP contribution in [0.5, 0.6) is 0 Å². The number of unbranched alkanes of at least 4 members (excludes halogenated alkanes) is 5. The number of hydrogen-bond donors (Lipinski definition) is 6. The summed E-state index contributed by atoms with van der Waals surface area (Å²) in [6.07, 6.45) is -8.59. The van der Waals surface area contributed by atoms with Gasteiger partial charge in [0.25, 0.3) is 7.82 Å². The van der Waals surface area contributed by atoms with Crippen molar-refractivity contribution in [2.45, 2.75) is 114 Å². The summed E-state index contributed by atoms with van der Waals surface area (Å²) < 4.78 is 37.7. The summed E-state index contributed by atoms with van der Waals surface area (Å²) in [7, 11) is -5.21. The second kappa shape index (κ2) is 20.3. The summed E-state index contributed by atoms with van der Waals surface area (Å²) in [6.45, 7) is 1.91. The van der Waals surface area contributed by atoms with Gasteiger partial charge in [-0.25, -0.2) is 0 Å². The van der Waals surface area contributed by atoms with Gasteiger partial charge in [-0.1, -0.05) is 39.0 Å². The number of rotatable bonds is 15. The number of nitrogens with zero attached hydrogens (tertiary/aromatic N) is 1. The molecule has 2 aliphatic heterocycles. The molecular formula is C22H40NNa2O14P. The Balaban J connectivity index is 0.00000760. The van der Waals surface area contributed by atoms with Gasteiger partial charge in [-0.05, 0) is 19.2 Å². The topological polar surface area (TPSA) is 243 Å². The van der Waals surface area contributed by atoms with Gasteiger partial charge in [0, 0.05) is 6.61 Å². The molecule has 2 aliphatic rings. The van der Waals surface area contributed by atoms with Crippen molar-refractivity contribution in [2.75, 3.05) is 19.8 Å². The van der Waals surface area contributed by atoms with Crippen LogP contribution < -0.4 is 69.1 Å². The number of phosphoric acid groups is 1. The molecule has 0 aromatic heterocycles. The molecule has 0 aliphatic carbocycles. The van der Waals surface area contributed by atoms with E-state index in [9.17, 15) is 40.1 Å². The summed E-state index contributed by atoms with van der Waals surface area (Å²) in [4.78, 5) is 23.7. The molecule has 2 saturated heterocycles. The molecule has 0 saturated carbocycles. The fourth-order valence-electron chi connectivity index (χ4n) is 4.27. The van der Waals surface area contributed by atoms with Crippen molar-refractivity contribution in [3.8, 4) is 0 Å². The molecule has 40 heavy (non-hydrogen) atoms. The Bertz CT molecular complexity index is 776. The molecule has 224 valence electrons. The summed E-state index contributed by atoms with van der Waals surface area (Å²) in [6, 6.07) is -1.28. The van der Waals surface area contributed by atoms with Crippen LogP contribution in [-0.4, -0.2) is 117 Å². The smallest absolute Gasteiger partial charge is 0.862 e. The number of aliphatic hydroxyl groups excluding tert-OH is 5. The Kier molecular flexibility index (Phi) is 20.9.